The molecule has 0 bridgehead atoms. The Hall–Kier alpha value is -1.43. The molecular formula is C21H36N4O. The van der Waals surface area contributed by atoms with Crippen LogP contribution in [-0.4, -0.2) is 72.5 Å². The predicted octanol–water partition coefficient (Wildman–Crippen LogP) is 2.17. The smallest absolute Gasteiger partial charge is 0.240 e. The SMILES string of the molecule is CCN1CCN(Cc2ccccc2CNC(=O)C(C)(C)N(C)CC)CC1. The topological polar surface area (TPSA) is 38.8 Å². The second-order valence-electron chi connectivity index (χ2n) is 7.73. The molecule has 26 heavy (non-hydrogen) atoms. The molecule has 1 N–H and O–H groups in total. The Labute approximate surface area is 159 Å². The number of amides is 1. The Morgan fingerprint density at radius 2 is 1.65 bits per heavy atom. The average Bonchev–Trinajstić information content (AvgIpc) is 2.66. The highest BCUT2D eigenvalue weighted by Crippen LogP contribution is 2.16. The fourth-order valence-electron chi connectivity index (χ4n) is 3.35. The van der Waals surface area contributed by atoms with Gasteiger partial charge in [-0.05, 0) is 45.1 Å². The fourth-order valence-corrected chi connectivity index (χ4v) is 3.35. The number of hydrogen-bond donors (Lipinski definition) is 1. The van der Waals surface area contributed by atoms with Gasteiger partial charge < -0.3 is 10.2 Å². The first kappa shape index (κ1) is 20.9. The van der Waals surface area contributed by atoms with Crippen molar-refractivity contribution in [2.24, 2.45) is 0 Å². The molecule has 1 aromatic carbocycles. The number of carbonyl (C=O) groups is 1. The number of nitrogens with one attached hydrogen (secondary N) is 1. The Balaban J connectivity index is 1.95. The minimum Gasteiger partial charge on any atom is -0.350 e. The van der Waals surface area contributed by atoms with E-state index in [0.29, 0.717) is 6.54 Å². The van der Waals surface area contributed by atoms with Gasteiger partial charge in [0, 0.05) is 39.3 Å². The maximum absolute atomic E-state index is 12.6. The van der Waals surface area contributed by atoms with E-state index in [2.05, 4.69) is 58.1 Å². The molecule has 1 aliphatic heterocycles. The van der Waals surface area contributed by atoms with Crippen LogP contribution in [0.15, 0.2) is 24.3 Å². The summed E-state index contributed by atoms with van der Waals surface area (Å²) in [4.78, 5) is 19.7. The molecule has 1 heterocycles. The van der Waals surface area contributed by atoms with E-state index in [4.69, 9.17) is 0 Å². The molecule has 1 aliphatic rings. The van der Waals surface area contributed by atoms with Crippen LogP contribution >= 0.6 is 0 Å². The largest absolute Gasteiger partial charge is 0.350 e. The number of piperazine rings is 1. The van der Waals surface area contributed by atoms with Crippen LogP contribution in [0.5, 0.6) is 0 Å². The zero-order chi connectivity index (χ0) is 19.2. The van der Waals surface area contributed by atoms with E-state index < -0.39 is 5.54 Å². The van der Waals surface area contributed by atoms with Gasteiger partial charge in [0.2, 0.25) is 5.91 Å². The van der Waals surface area contributed by atoms with Gasteiger partial charge >= 0.3 is 0 Å². The number of hydrogen-bond acceptors (Lipinski definition) is 4. The van der Waals surface area contributed by atoms with Gasteiger partial charge in [0.15, 0.2) is 0 Å². The summed E-state index contributed by atoms with van der Waals surface area (Å²) >= 11 is 0. The number of rotatable bonds is 8. The molecule has 2 rings (SSSR count). The maximum Gasteiger partial charge on any atom is 0.240 e. The number of benzene rings is 1. The zero-order valence-electron chi connectivity index (χ0n) is 17.2. The lowest BCUT2D eigenvalue weighted by molar-refractivity contribution is -0.131. The van der Waals surface area contributed by atoms with Crippen LogP contribution in [0.1, 0.15) is 38.8 Å². The van der Waals surface area contributed by atoms with E-state index in [1.54, 1.807) is 0 Å². The van der Waals surface area contributed by atoms with Crippen molar-refractivity contribution >= 4 is 5.91 Å². The van der Waals surface area contributed by atoms with Crippen molar-refractivity contribution in [2.75, 3.05) is 46.3 Å². The summed E-state index contributed by atoms with van der Waals surface area (Å²) in [6.45, 7) is 16.3. The van der Waals surface area contributed by atoms with E-state index in [9.17, 15) is 4.79 Å². The van der Waals surface area contributed by atoms with Gasteiger partial charge in [0.05, 0.1) is 5.54 Å². The van der Waals surface area contributed by atoms with Crippen molar-refractivity contribution in [1.29, 1.82) is 0 Å². The van der Waals surface area contributed by atoms with Gasteiger partial charge in [-0.3, -0.25) is 14.6 Å². The first-order valence-corrected chi connectivity index (χ1v) is 9.89. The molecule has 0 radical (unpaired) electrons. The van der Waals surface area contributed by atoms with Crippen molar-refractivity contribution in [1.82, 2.24) is 20.0 Å². The van der Waals surface area contributed by atoms with Crippen LogP contribution in [0, 0.1) is 0 Å². The van der Waals surface area contributed by atoms with Crippen molar-refractivity contribution in [3.05, 3.63) is 35.4 Å². The lowest BCUT2D eigenvalue weighted by Gasteiger charge is -2.34. The summed E-state index contributed by atoms with van der Waals surface area (Å²) in [5.74, 6) is 0.0770. The molecule has 1 saturated heterocycles. The number of nitrogens with zero attached hydrogens (tertiary/aromatic N) is 3. The van der Waals surface area contributed by atoms with Crippen molar-refractivity contribution in [3.8, 4) is 0 Å². The van der Waals surface area contributed by atoms with Crippen LogP contribution in [0.4, 0.5) is 0 Å². The summed E-state index contributed by atoms with van der Waals surface area (Å²) < 4.78 is 0. The van der Waals surface area contributed by atoms with Gasteiger partial charge in [-0.2, -0.15) is 0 Å². The Kier molecular flexibility index (Phi) is 7.62. The molecule has 5 nitrogen and oxygen atoms in total. The molecule has 1 fully saturated rings. The first-order chi connectivity index (χ1) is 12.4. The Morgan fingerprint density at radius 1 is 1.08 bits per heavy atom. The average molecular weight is 361 g/mol. The molecule has 0 unspecified atom stereocenters. The molecule has 0 aromatic heterocycles. The van der Waals surface area contributed by atoms with E-state index >= 15 is 0 Å². The van der Waals surface area contributed by atoms with Crippen LogP contribution in [0.2, 0.25) is 0 Å². The van der Waals surface area contributed by atoms with Gasteiger partial charge in [0.1, 0.15) is 0 Å². The highest BCUT2D eigenvalue weighted by molar-refractivity contribution is 5.85. The molecule has 0 aliphatic carbocycles. The Morgan fingerprint density at radius 3 is 2.23 bits per heavy atom. The second kappa shape index (κ2) is 9.49. The standard InChI is InChI=1S/C21H36N4O/c1-6-23(5)21(3,4)20(26)22-16-18-10-8-9-11-19(18)17-25-14-12-24(7-2)13-15-25/h8-11H,6-7,12-17H2,1-5H3,(H,22,26). The normalized spacial score (nSPS) is 16.8. The molecular weight excluding hydrogens is 324 g/mol. The Bertz CT molecular complexity index is 579. The number of likely N-dealkylation sites (N-methyl/N-ethyl adjacent to an activating group) is 2. The molecule has 1 aromatic rings. The summed E-state index contributed by atoms with van der Waals surface area (Å²) in [5, 5.41) is 3.14. The monoisotopic (exact) mass is 360 g/mol. The van der Waals surface area contributed by atoms with Gasteiger partial charge in [0.25, 0.3) is 0 Å². The number of carbonyl (C=O) groups excluding carboxylic acids is 1. The van der Waals surface area contributed by atoms with Crippen LogP contribution in [-0.2, 0) is 17.9 Å². The lowest BCUT2D eigenvalue weighted by Crippen LogP contribution is -2.53. The molecule has 0 spiro atoms. The minimum atomic E-state index is -0.500. The summed E-state index contributed by atoms with van der Waals surface area (Å²) in [7, 11) is 1.99. The third kappa shape index (κ3) is 5.29. The molecule has 0 atom stereocenters. The minimum absolute atomic E-state index is 0.0770. The molecule has 146 valence electrons. The zero-order valence-corrected chi connectivity index (χ0v) is 17.2. The molecule has 1 amide bonds. The van der Waals surface area contributed by atoms with Crippen LogP contribution in [0.3, 0.4) is 0 Å². The van der Waals surface area contributed by atoms with E-state index in [1.165, 1.54) is 11.1 Å². The predicted molar refractivity (Wildman–Crippen MR) is 108 cm³/mol. The summed E-state index contributed by atoms with van der Waals surface area (Å²) in [6.07, 6.45) is 0. The van der Waals surface area contributed by atoms with Crippen molar-refractivity contribution in [2.45, 2.75) is 46.3 Å². The van der Waals surface area contributed by atoms with E-state index in [-0.39, 0.29) is 5.91 Å². The van der Waals surface area contributed by atoms with Gasteiger partial charge in [-0.15, -0.1) is 0 Å². The summed E-state index contributed by atoms with van der Waals surface area (Å²) in [6, 6.07) is 8.48. The third-order valence-corrected chi connectivity index (χ3v) is 5.85. The second-order valence-corrected chi connectivity index (χ2v) is 7.73. The highest BCUT2D eigenvalue weighted by Gasteiger charge is 2.31. The quantitative estimate of drug-likeness (QED) is 0.771. The summed E-state index contributed by atoms with van der Waals surface area (Å²) in [5.41, 5.74) is 2.04. The van der Waals surface area contributed by atoms with Gasteiger partial charge in [-0.1, -0.05) is 38.1 Å². The molecule has 5 heteroatoms. The lowest BCUT2D eigenvalue weighted by atomic mass is 10.0. The molecule has 0 saturated carbocycles. The highest BCUT2D eigenvalue weighted by atomic mass is 16.2. The van der Waals surface area contributed by atoms with E-state index in [0.717, 1.165) is 45.8 Å². The van der Waals surface area contributed by atoms with E-state index in [1.807, 2.05) is 20.9 Å². The fraction of sp³-hybridized carbons (Fsp3) is 0.667. The van der Waals surface area contributed by atoms with Crippen molar-refractivity contribution < 1.29 is 4.79 Å². The van der Waals surface area contributed by atoms with Crippen molar-refractivity contribution in [3.63, 3.8) is 0 Å². The van der Waals surface area contributed by atoms with Crippen LogP contribution in [0.25, 0.3) is 0 Å². The maximum atomic E-state index is 12.6. The van der Waals surface area contributed by atoms with Gasteiger partial charge in [-0.25, -0.2) is 0 Å². The van der Waals surface area contributed by atoms with Crippen LogP contribution < -0.4 is 5.32 Å². The first-order valence-electron chi connectivity index (χ1n) is 9.89. The third-order valence-electron chi connectivity index (χ3n) is 5.85.